The number of benzene rings is 2. The Balaban J connectivity index is 1.63. The topological polar surface area (TPSA) is 76.9 Å². The Morgan fingerprint density at radius 1 is 1.16 bits per heavy atom. The molecule has 0 unspecified atom stereocenters. The third-order valence-electron chi connectivity index (χ3n) is 6.70. The number of anilines is 1. The van der Waals surface area contributed by atoms with E-state index >= 15 is 0 Å². The molecule has 0 spiro atoms. The van der Waals surface area contributed by atoms with E-state index in [4.69, 9.17) is 9.47 Å². The van der Waals surface area contributed by atoms with Crippen molar-refractivity contribution >= 4 is 34.6 Å². The van der Waals surface area contributed by atoms with Crippen LogP contribution in [0.25, 0.3) is 22.0 Å². The largest absolute Gasteiger partial charge is 0.496 e. The van der Waals surface area contributed by atoms with E-state index < -0.39 is 22.9 Å². The van der Waals surface area contributed by atoms with Gasteiger partial charge in [0.15, 0.2) is 0 Å². The van der Waals surface area contributed by atoms with Crippen LogP contribution in [0.5, 0.6) is 5.75 Å². The van der Waals surface area contributed by atoms with Crippen molar-refractivity contribution in [3.05, 3.63) is 46.4 Å². The Bertz CT molecular complexity index is 1490. The number of amides is 1. The molecule has 8 nitrogen and oxygen atoms in total. The number of ether oxygens (including phenoxy) is 2. The average Bonchev–Trinajstić information content (AvgIpc) is 2.85. The summed E-state index contributed by atoms with van der Waals surface area (Å²) in [5, 5.41) is 0.701. The van der Waals surface area contributed by atoms with E-state index in [0.29, 0.717) is 64.9 Å². The number of aryl methyl sites for hydroxylation is 1. The van der Waals surface area contributed by atoms with E-state index in [2.05, 4.69) is 4.98 Å². The van der Waals surface area contributed by atoms with Crippen molar-refractivity contribution in [3.63, 3.8) is 0 Å². The predicted octanol–water partition coefficient (Wildman–Crippen LogP) is 4.90. The number of aromatic nitrogens is 2. The van der Waals surface area contributed by atoms with Crippen LogP contribution in [-0.2, 0) is 11.3 Å². The summed E-state index contributed by atoms with van der Waals surface area (Å²) in [7, 11) is 1.50. The molecule has 1 amide bonds. The van der Waals surface area contributed by atoms with Gasteiger partial charge in [0, 0.05) is 65.4 Å². The molecule has 202 valence electrons. The number of carbonyl (C=O) groups is 1. The third-order valence-corrected chi connectivity index (χ3v) is 7.77. The first-order valence-electron chi connectivity index (χ1n) is 12.5. The summed E-state index contributed by atoms with van der Waals surface area (Å²) in [6, 6.07) is 5.06. The van der Waals surface area contributed by atoms with Crippen molar-refractivity contribution in [2.45, 2.75) is 50.8 Å². The fourth-order valence-electron chi connectivity index (χ4n) is 5.05. The summed E-state index contributed by atoms with van der Waals surface area (Å²) < 4.78 is 41.5. The van der Waals surface area contributed by atoms with Crippen molar-refractivity contribution in [1.29, 1.82) is 0 Å². The number of hydrogen-bond acceptors (Lipinski definition) is 7. The Morgan fingerprint density at radius 3 is 2.58 bits per heavy atom. The van der Waals surface area contributed by atoms with Gasteiger partial charge < -0.3 is 19.3 Å². The molecule has 3 aromatic rings. The van der Waals surface area contributed by atoms with Crippen LogP contribution in [0.15, 0.2) is 34.0 Å². The number of hydrogen-bond donors (Lipinski definition) is 0. The summed E-state index contributed by atoms with van der Waals surface area (Å²) in [5.74, 6) is 0.110. The van der Waals surface area contributed by atoms with Crippen molar-refractivity contribution < 1.29 is 23.0 Å². The van der Waals surface area contributed by atoms with Gasteiger partial charge in [0.2, 0.25) is 0 Å². The van der Waals surface area contributed by atoms with Gasteiger partial charge >= 0.3 is 11.8 Å². The number of rotatable bonds is 3. The molecule has 38 heavy (non-hydrogen) atoms. The van der Waals surface area contributed by atoms with Gasteiger partial charge in [-0.15, -0.1) is 11.8 Å². The molecular formula is C27H30F2N4O4S. The maximum absolute atomic E-state index is 15.0. The Labute approximate surface area is 223 Å². The molecule has 0 aliphatic carbocycles. The van der Waals surface area contributed by atoms with Crippen LogP contribution in [-0.4, -0.2) is 64.7 Å². The minimum atomic E-state index is -0.708. The molecular weight excluding hydrogens is 514 g/mol. The Kier molecular flexibility index (Phi) is 6.75. The minimum absolute atomic E-state index is 0.151. The first-order chi connectivity index (χ1) is 18.0. The smallest absolute Gasteiger partial charge is 0.410 e. The maximum Gasteiger partial charge on any atom is 0.410 e. The molecule has 11 heteroatoms. The van der Waals surface area contributed by atoms with E-state index in [1.54, 1.807) is 15.5 Å². The molecule has 1 atom stereocenters. The Hall–Kier alpha value is -3.34. The lowest BCUT2D eigenvalue weighted by atomic mass is 10.0. The standard InChI is InChI=1S/C27H30F2N4O4S/c1-15-14-31(26(35)37-27(2,3)4)8-9-32(15)24-18-13-20(36-5)21(17-7-6-16(28)12-19(17)29)23-22(18)33(10-11-38-23)25(34)30-24/h6-7,12-13,15H,8-11,14H2,1-5H3/t15-/m0/s1. The highest BCUT2D eigenvalue weighted by atomic mass is 32.2. The zero-order chi connectivity index (χ0) is 27.4. The van der Waals surface area contributed by atoms with E-state index in [0.717, 1.165) is 6.07 Å². The van der Waals surface area contributed by atoms with Crippen LogP contribution in [0.4, 0.5) is 19.4 Å². The first-order valence-corrected chi connectivity index (χ1v) is 13.5. The average molecular weight is 545 g/mol. The lowest BCUT2D eigenvalue weighted by molar-refractivity contribution is 0.0218. The monoisotopic (exact) mass is 544 g/mol. The molecule has 2 aliphatic heterocycles. The minimum Gasteiger partial charge on any atom is -0.496 e. The first kappa shape index (κ1) is 26.3. The van der Waals surface area contributed by atoms with Crippen molar-refractivity contribution in [2.75, 3.05) is 37.4 Å². The van der Waals surface area contributed by atoms with Crippen LogP contribution >= 0.6 is 11.8 Å². The molecule has 0 saturated carbocycles. The quantitative estimate of drug-likeness (QED) is 0.464. The molecule has 2 aliphatic rings. The summed E-state index contributed by atoms with van der Waals surface area (Å²) in [6.45, 7) is 9.17. The van der Waals surface area contributed by atoms with Crippen LogP contribution in [0.2, 0.25) is 0 Å². The van der Waals surface area contributed by atoms with E-state index in [1.807, 2.05) is 32.6 Å². The second-order valence-electron chi connectivity index (χ2n) is 10.5. The molecule has 3 heterocycles. The number of methoxy groups -OCH3 is 1. The predicted molar refractivity (Wildman–Crippen MR) is 143 cm³/mol. The molecule has 1 fully saturated rings. The Morgan fingerprint density at radius 2 is 1.92 bits per heavy atom. The zero-order valence-corrected chi connectivity index (χ0v) is 22.8. The highest BCUT2D eigenvalue weighted by Crippen LogP contribution is 2.47. The second-order valence-corrected chi connectivity index (χ2v) is 11.6. The van der Waals surface area contributed by atoms with E-state index in [-0.39, 0.29) is 17.7 Å². The third kappa shape index (κ3) is 4.68. The molecule has 0 bridgehead atoms. The van der Waals surface area contributed by atoms with Crippen LogP contribution in [0.1, 0.15) is 27.7 Å². The molecule has 2 aromatic carbocycles. The van der Waals surface area contributed by atoms with Gasteiger partial charge in [-0.3, -0.25) is 4.57 Å². The fraction of sp³-hybridized carbons (Fsp3) is 0.444. The molecule has 1 aromatic heterocycles. The molecule has 0 radical (unpaired) electrons. The van der Waals surface area contributed by atoms with Gasteiger partial charge in [-0.25, -0.2) is 18.4 Å². The maximum atomic E-state index is 15.0. The fourth-order valence-corrected chi connectivity index (χ4v) is 6.24. The highest BCUT2D eigenvalue weighted by Gasteiger charge is 2.33. The summed E-state index contributed by atoms with van der Waals surface area (Å²) in [5.41, 5.74) is 0.338. The van der Waals surface area contributed by atoms with Gasteiger partial charge in [-0.05, 0) is 45.9 Å². The van der Waals surface area contributed by atoms with E-state index in [1.165, 1.54) is 31.0 Å². The zero-order valence-electron chi connectivity index (χ0n) is 22.0. The van der Waals surface area contributed by atoms with Crippen molar-refractivity contribution in [1.82, 2.24) is 14.5 Å². The molecule has 1 saturated heterocycles. The molecule has 0 N–H and O–H groups in total. The summed E-state index contributed by atoms with van der Waals surface area (Å²) in [4.78, 5) is 34.7. The number of halogens is 2. The number of carbonyl (C=O) groups excluding carboxylic acids is 1. The number of thioether (sulfide) groups is 1. The lowest BCUT2D eigenvalue weighted by Crippen LogP contribution is -2.55. The van der Waals surface area contributed by atoms with Gasteiger partial charge in [-0.2, -0.15) is 4.98 Å². The van der Waals surface area contributed by atoms with Gasteiger partial charge in [-0.1, -0.05) is 0 Å². The SMILES string of the molecule is COc1cc2c(N3CCN(C(=O)OC(C)(C)C)C[C@@H]3C)nc(=O)n3c2c(c1-c1ccc(F)cc1F)SCC3. The van der Waals surface area contributed by atoms with Crippen LogP contribution in [0, 0.1) is 11.6 Å². The van der Waals surface area contributed by atoms with Gasteiger partial charge in [0.05, 0.1) is 12.6 Å². The van der Waals surface area contributed by atoms with Gasteiger partial charge in [0.25, 0.3) is 0 Å². The van der Waals surface area contributed by atoms with Crippen molar-refractivity contribution in [2.24, 2.45) is 0 Å². The van der Waals surface area contributed by atoms with Gasteiger partial charge in [0.1, 0.15) is 28.8 Å². The number of nitrogens with zero attached hydrogens (tertiary/aromatic N) is 4. The normalized spacial score (nSPS) is 17.6. The molecule has 5 rings (SSSR count). The number of piperazine rings is 1. The van der Waals surface area contributed by atoms with E-state index in [9.17, 15) is 18.4 Å². The summed E-state index contributed by atoms with van der Waals surface area (Å²) >= 11 is 1.50. The van der Waals surface area contributed by atoms with Crippen LogP contribution < -0.4 is 15.3 Å². The highest BCUT2D eigenvalue weighted by molar-refractivity contribution is 7.99. The summed E-state index contributed by atoms with van der Waals surface area (Å²) in [6.07, 6.45) is -0.377. The van der Waals surface area contributed by atoms with Crippen molar-refractivity contribution in [3.8, 4) is 16.9 Å². The second kappa shape index (κ2) is 9.76. The lowest BCUT2D eigenvalue weighted by Gasteiger charge is -2.41. The van der Waals surface area contributed by atoms with Crippen LogP contribution in [0.3, 0.4) is 0 Å².